The highest BCUT2D eigenvalue weighted by molar-refractivity contribution is 5.83. The third kappa shape index (κ3) is 5.22. The fourth-order valence-electron chi connectivity index (χ4n) is 3.37. The second-order valence-corrected chi connectivity index (χ2v) is 7.35. The minimum absolute atomic E-state index is 0.106. The molecule has 28 heavy (non-hydrogen) atoms. The van der Waals surface area contributed by atoms with Crippen LogP contribution in [0.5, 0.6) is 11.5 Å². The summed E-state index contributed by atoms with van der Waals surface area (Å²) >= 11 is 0. The molecule has 0 amide bonds. The first-order chi connectivity index (χ1) is 13.4. The highest BCUT2D eigenvalue weighted by Gasteiger charge is 2.23. The number of ether oxygens (including phenoxy) is 2. The van der Waals surface area contributed by atoms with Gasteiger partial charge in [0, 0.05) is 12.0 Å². The molecule has 0 aliphatic heterocycles. The van der Waals surface area contributed by atoms with Gasteiger partial charge in [0.2, 0.25) is 0 Å². The largest absolute Gasteiger partial charge is 0.512 e. The fourth-order valence-corrected chi connectivity index (χ4v) is 3.37. The lowest BCUT2D eigenvalue weighted by molar-refractivity contribution is 0.298. The first-order valence-electron chi connectivity index (χ1n) is 9.73. The van der Waals surface area contributed by atoms with Crippen LogP contribution in [0.1, 0.15) is 57.6 Å². The molecule has 0 saturated heterocycles. The molecule has 0 fully saturated rings. The third-order valence-electron chi connectivity index (χ3n) is 4.95. The number of benzene rings is 1. The minimum atomic E-state index is 0.106. The van der Waals surface area contributed by atoms with E-state index in [0.717, 1.165) is 30.4 Å². The molecular weight excluding hydrogens is 352 g/mol. The lowest BCUT2D eigenvalue weighted by Gasteiger charge is -2.21. The molecule has 0 atom stereocenters. The van der Waals surface area contributed by atoms with Gasteiger partial charge in [0.25, 0.3) is 0 Å². The third-order valence-corrected chi connectivity index (χ3v) is 4.95. The van der Waals surface area contributed by atoms with Crippen LogP contribution in [0.15, 0.2) is 53.0 Å². The Morgan fingerprint density at radius 1 is 1.07 bits per heavy atom. The summed E-state index contributed by atoms with van der Waals surface area (Å²) in [5.74, 6) is 1.45. The summed E-state index contributed by atoms with van der Waals surface area (Å²) in [6.07, 6.45) is 10.2. The van der Waals surface area contributed by atoms with E-state index in [-0.39, 0.29) is 11.5 Å². The smallest absolute Gasteiger partial charge is 0.161 e. The van der Waals surface area contributed by atoms with Gasteiger partial charge in [-0.25, -0.2) is 0 Å². The quantitative estimate of drug-likeness (QED) is 0.522. The van der Waals surface area contributed by atoms with Crippen LogP contribution in [0.3, 0.4) is 0 Å². The zero-order valence-electron chi connectivity index (χ0n) is 17.6. The number of rotatable bonds is 8. The Morgan fingerprint density at radius 2 is 1.82 bits per heavy atom. The lowest BCUT2D eigenvalue weighted by Crippen LogP contribution is -2.06. The first-order valence-corrected chi connectivity index (χ1v) is 9.73. The number of aliphatic hydroxyl groups excluding tert-OH is 1. The summed E-state index contributed by atoms with van der Waals surface area (Å²) in [7, 11) is 3.14. The van der Waals surface area contributed by atoms with Crippen LogP contribution in [0, 0.1) is 0 Å². The zero-order chi connectivity index (χ0) is 20.7. The normalized spacial score (nSPS) is 14.6. The summed E-state index contributed by atoms with van der Waals surface area (Å²) in [4.78, 5) is 0. The van der Waals surface area contributed by atoms with Crippen LogP contribution in [0.2, 0.25) is 0 Å². The molecular formula is C24H32O4. The van der Waals surface area contributed by atoms with Crippen molar-refractivity contribution in [3.63, 3.8) is 0 Å². The van der Waals surface area contributed by atoms with E-state index in [0.29, 0.717) is 29.9 Å². The highest BCUT2D eigenvalue weighted by atomic mass is 16.5. The molecule has 0 heterocycles. The SMILES string of the molecule is COC1=CCCC(O)=C1c1ccc(OC)c(O)c1CC=C(C)CCC=C(C)C. The van der Waals surface area contributed by atoms with Crippen LogP contribution in [-0.4, -0.2) is 24.4 Å². The summed E-state index contributed by atoms with van der Waals surface area (Å²) in [5.41, 5.74) is 4.73. The first kappa shape index (κ1) is 21.7. The molecule has 4 nitrogen and oxygen atoms in total. The van der Waals surface area contributed by atoms with E-state index in [1.165, 1.54) is 18.3 Å². The Kier molecular flexibility index (Phi) is 7.80. The Morgan fingerprint density at radius 3 is 2.46 bits per heavy atom. The molecule has 152 valence electrons. The van der Waals surface area contributed by atoms with Gasteiger partial charge in [-0.1, -0.05) is 23.3 Å². The lowest BCUT2D eigenvalue weighted by atomic mass is 9.90. The van der Waals surface area contributed by atoms with Crippen LogP contribution < -0.4 is 4.74 Å². The van der Waals surface area contributed by atoms with Crippen molar-refractivity contribution in [1.29, 1.82) is 0 Å². The van der Waals surface area contributed by atoms with E-state index in [2.05, 4.69) is 32.9 Å². The van der Waals surface area contributed by atoms with Crippen molar-refractivity contribution in [3.05, 3.63) is 64.2 Å². The number of methoxy groups -OCH3 is 2. The molecule has 0 radical (unpaired) electrons. The molecule has 1 aromatic rings. The van der Waals surface area contributed by atoms with E-state index in [9.17, 15) is 10.2 Å². The standard InChI is InChI=1S/C24H32O4/c1-16(2)8-6-9-17(3)12-13-19-18(14-15-22(28-5)24(19)26)23-20(25)10-7-11-21(23)27-4/h8,11-12,14-15,25-26H,6-7,9-10,13H2,1-5H3. The van der Waals surface area contributed by atoms with E-state index < -0.39 is 0 Å². The van der Waals surface area contributed by atoms with E-state index in [1.54, 1.807) is 13.2 Å². The predicted octanol–water partition coefficient (Wildman–Crippen LogP) is 6.23. The van der Waals surface area contributed by atoms with Gasteiger partial charge in [-0.3, -0.25) is 0 Å². The summed E-state index contributed by atoms with van der Waals surface area (Å²) in [6, 6.07) is 3.60. The van der Waals surface area contributed by atoms with Gasteiger partial charge in [-0.2, -0.15) is 0 Å². The number of aliphatic hydroxyl groups is 1. The average Bonchev–Trinajstić information content (AvgIpc) is 2.66. The maximum Gasteiger partial charge on any atom is 0.161 e. The molecule has 1 aliphatic carbocycles. The highest BCUT2D eigenvalue weighted by Crippen LogP contribution is 2.41. The van der Waals surface area contributed by atoms with Crippen LogP contribution >= 0.6 is 0 Å². The maximum atomic E-state index is 10.8. The van der Waals surface area contributed by atoms with Crippen molar-refractivity contribution in [3.8, 4) is 11.5 Å². The molecule has 2 N–H and O–H groups in total. The number of aromatic hydroxyl groups is 1. The average molecular weight is 385 g/mol. The molecule has 0 bridgehead atoms. The van der Waals surface area contributed by atoms with Crippen LogP contribution in [0.25, 0.3) is 5.57 Å². The van der Waals surface area contributed by atoms with Gasteiger partial charge in [0.15, 0.2) is 11.5 Å². The van der Waals surface area contributed by atoms with Gasteiger partial charge in [-0.15, -0.1) is 0 Å². The Hall–Kier alpha value is -2.62. The minimum Gasteiger partial charge on any atom is -0.512 e. The van der Waals surface area contributed by atoms with Crippen molar-refractivity contribution >= 4 is 5.57 Å². The predicted molar refractivity (Wildman–Crippen MR) is 115 cm³/mol. The Balaban J connectivity index is 2.42. The van der Waals surface area contributed by atoms with E-state index in [1.807, 2.05) is 12.1 Å². The van der Waals surface area contributed by atoms with Gasteiger partial charge in [0.05, 0.1) is 19.8 Å². The van der Waals surface area contributed by atoms with Crippen LogP contribution in [0.4, 0.5) is 0 Å². The van der Waals surface area contributed by atoms with Crippen molar-refractivity contribution in [2.24, 2.45) is 0 Å². The van der Waals surface area contributed by atoms with E-state index >= 15 is 0 Å². The Labute approximate surface area is 168 Å². The molecule has 0 spiro atoms. The molecule has 0 saturated carbocycles. The Bertz CT molecular complexity index is 821. The summed E-state index contributed by atoms with van der Waals surface area (Å²) in [5, 5.41) is 21.3. The van der Waals surface area contributed by atoms with Crippen molar-refractivity contribution in [2.75, 3.05) is 14.2 Å². The number of phenols is 1. The fraction of sp³-hybridized carbons (Fsp3) is 0.417. The topological polar surface area (TPSA) is 58.9 Å². The number of hydrogen-bond donors (Lipinski definition) is 2. The monoisotopic (exact) mass is 384 g/mol. The number of allylic oxidation sites excluding steroid dienone is 7. The van der Waals surface area contributed by atoms with Gasteiger partial charge in [-0.05, 0) is 70.2 Å². The van der Waals surface area contributed by atoms with Crippen molar-refractivity contribution in [1.82, 2.24) is 0 Å². The second kappa shape index (κ2) is 10.1. The van der Waals surface area contributed by atoms with Gasteiger partial charge < -0.3 is 19.7 Å². The summed E-state index contributed by atoms with van der Waals surface area (Å²) in [6.45, 7) is 6.31. The molecule has 0 unspecified atom stereocenters. The van der Waals surface area contributed by atoms with Gasteiger partial charge >= 0.3 is 0 Å². The van der Waals surface area contributed by atoms with E-state index in [4.69, 9.17) is 9.47 Å². The van der Waals surface area contributed by atoms with Crippen molar-refractivity contribution in [2.45, 2.75) is 52.9 Å². The second-order valence-electron chi connectivity index (χ2n) is 7.35. The number of phenolic OH excluding ortho intramolecular Hbond substituents is 1. The molecule has 4 heteroatoms. The summed E-state index contributed by atoms with van der Waals surface area (Å²) < 4.78 is 10.8. The van der Waals surface area contributed by atoms with Crippen LogP contribution in [-0.2, 0) is 11.2 Å². The molecule has 1 aliphatic rings. The number of hydrogen-bond acceptors (Lipinski definition) is 4. The zero-order valence-corrected chi connectivity index (χ0v) is 17.6. The molecule has 0 aromatic heterocycles. The van der Waals surface area contributed by atoms with Gasteiger partial charge in [0.1, 0.15) is 11.5 Å². The van der Waals surface area contributed by atoms with Crippen molar-refractivity contribution < 1.29 is 19.7 Å². The molecule has 2 rings (SSSR count). The molecule has 1 aromatic carbocycles. The maximum absolute atomic E-state index is 10.8.